The van der Waals surface area contributed by atoms with Crippen LogP contribution in [0.2, 0.25) is 0 Å². The van der Waals surface area contributed by atoms with Crippen molar-refractivity contribution in [3.05, 3.63) is 17.8 Å². The highest BCUT2D eigenvalue weighted by atomic mass is 16.5. The monoisotopic (exact) mass is 208 g/mol. The highest BCUT2D eigenvalue weighted by Crippen LogP contribution is 2.25. The van der Waals surface area contributed by atoms with Crippen LogP contribution in [-0.2, 0) is 4.74 Å². The second kappa shape index (κ2) is 4.49. The van der Waals surface area contributed by atoms with Crippen molar-refractivity contribution in [3.8, 4) is 5.75 Å². The predicted molar refractivity (Wildman–Crippen MR) is 58.3 cm³/mol. The maximum atomic E-state index is 9.79. The maximum absolute atomic E-state index is 9.79. The molecule has 82 valence electrons. The average molecular weight is 208 g/mol. The Kier molecular flexibility index (Phi) is 3.06. The number of aromatic nitrogens is 1. The van der Waals surface area contributed by atoms with E-state index in [0.29, 0.717) is 12.4 Å². The molecule has 1 N–H and O–H groups in total. The summed E-state index contributed by atoms with van der Waals surface area (Å²) in [6.45, 7) is 5.10. The van der Waals surface area contributed by atoms with E-state index >= 15 is 0 Å². The van der Waals surface area contributed by atoms with Gasteiger partial charge in [-0.15, -0.1) is 0 Å². The molecule has 0 atom stereocenters. The molecule has 4 heteroatoms. The fourth-order valence-electron chi connectivity index (χ4n) is 1.75. The highest BCUT2D eigenvalue weighted by molar-refractivity contribution is 5.52. The number of hydrogen-bond donors (Lipinski definition) is 1. The third-order valence-electron chi connectivity index (χ3n) is 2.51. The minimum atomic E-state index is 0.261. The van der Waals surface area contributed by atoms with Crippen LogP contribution in [-0.4, -0.2) is 36.4 Å². The third-order valence-corrected chi connectivity index (χ3v) is 2.51. The summed E-state index contributed by atoms with van der Waals surface area (Å²) in [5.41, 5.74) is 0.974. The van der Waals surface area contributed by atoms with Gasteiger partial charge in [-0.3, -0.25) is 0 Å². The third kappa shape index (κ3) is 2.39. The Labute approximate surface area is 89.5 Å². The van der Waals surface area contributed by atoms with Gasteiger partial charge < -0.3 is 14.7 Å². The van der Waals surface area contributed by atoms with Crippen LogP contribution in [0.25, 0.3) is 0 Å². The summed E-state index contributed by atoms with van der Waals surface area (Å²) in [7, 11) is 0. The van der Waals surface area contributed by atoms with E-state index in [1.54, 1.807) is 12.3 Å². The molecule has 0 amide bonds. The van der Waals surface area contributed by atoms with Crippen LogP contribution in [0.3, 0.4) is 0 Å². The Morgan fingerprint density at radius 2 is 2.27 bits per heavy atom. The molecule has 0 aromatic carbocycles. The standard InChI is InChI=1S/C11H16N2O2/c1-9-7-10(14)11(12-8-9)13-3-2-5-15-6-4-13/h7-8,14H,2-6H2,1H3. The van der Waals surface area contributed by atoms with Crippen LogP contribution >= 0.6 is 0 Å². The molecule has 15 heavy (non-hydrogen) atoms. The summed E-state index contributed by atoms with van der Waals surface area (Å²) >= 11 is 0. The fraction of sp³-hybridized carbons (Fsp3) is 0.545. The van der Waals surface area contributed by atoms with Gasteiger partial charge in [-0.1, -0.05) is 0 Å². The first-order valence-corrected chi connectivity index (χ1v) is 5.25. The van der Waals surface area contributed by atoms with Crippen LogP contribution in [0, 0.1) is 6.92 Å². The van der Waals surface area contributed by atoms with Crippen LogP contribution in [0.15, 0.2) is 12.3 Å². The Morgan fingerprint density at radius 1 is 1.40 bits per heavy atom. The van der Waals surface area contributed by atoms with E-state index in [9.17, 15) is 5.11 Å². The molecule has 1 saturated heterocycles. The number of aromatic hydroxyl groups is 1. The first kappa shape index (κ1) is 10.2. The van der Waals surface area contributed by atoms with Crippen molar-refractivity contribution in [2.75, 3.05) is 31.2 Å². The second-order valence-electron chi connectivity index (χ2n) is 3.81. The Bertz CT molecular complexity index is 333. The molecular formula is C11H16N2O2. The average Bonchev–Trinajstić information content (AvgIpc) is 2.46. The van der Waals surface area contributed by atoms with E-state index in [2.05, 4.69) is 9.88 Å². The van der Waals surface area contributed by atoms with Crippen molar-refractivity contribution >= 4 is 5.82 Å². The lowest BCUT2D eigenvalue weighted by atomic mass is 10.3. The topological polar surface area (TPSA) is 45.6 Å². The van der Waals surface area contributed by atoms with Crippen molar-refractivity contribution in [1.82, 2.24) is 4.98 Å². The molecular weight excluding hydrogens is 192 g/mol. The summed E-state index contributed by atoms with van der Waals surface area (Å²) in [4.78, 5) is 6.33. The normalized spacial score (nSPS) is 17.5. The van der Waals surface area contributed by atoms with Gasteiger partial charge in [-0.2, -0.15) is 0 Å². The summed E-state index contributed by atoms with van der Waals surface area (Å²) in [6, 6.07) is 1.74. The molecule has 1 aromatic rings. The van der Waals surface area contributed by atoms with Gasteiger partial charge in [0.05, 0.1) is 6.61 Å². The molecule has 1 aliphatic heterocycles. The molecule has 2 heterocycles. The number of pyridine rings is 1. The second-order valence-corrected chi connectivity index (χ2v) is 3.81. The molecule has 0 bridgehead atoms. The van der Waals surface area contributed by atoms with Crippen LogP contribution in [0.4, 0.5) is 5.82 Å². The van der Waals surface area contributed by atoms with E-state index in [0.717, 1.165) is 31.7 Å². The molecule has 4 nitrogen and oxygen atoms in total. The minimum Gasteiger partial charge on any atom is -0.504 e. The first-order chi connectivity index (χ1) is 7.27. The van der Waals surface area contributed by atoms with Crippen molar-refractivity contribution in [2.45, 2.75) is 13.3 Å². The van der Waals surface area contributed by atoms with Gasteiger partial charge in [-0.25, -0.2) is 4.98 Å². The molecule has 0 spiro atoms. The van der Waals surface area contributed by atoms with E-state index < -0.39 is 0 Å². The highest BCUT2D eigenvalue weighted by Gasteiger charge is 2.14. The van der Waals surface area contributed by atoms with Gasteiger partial charge in [0, 0.05) is 25.9 Å². The van der Waals surface area contributed by atoms with Crippen LogP contribution in [0.5, 0.6) is 5.75 Å². The zero-order valence-electron chi connectivity index (χ0n) is 8.94. The van der Waals surface area contributed by atoms with Crippen molar-refractivity contribution < 1.29 is 9.84 Å². The van der Waals surface area contributed by atoms with Crippen molar-refractivity contribution in [2.24, 2.45) is 0 Å². The largest absolute Gasteiger partial charge is 0.504 e. The molecule has 0 aliphatic carbocycles. The predicted octanol–water partition coefficient (Wildman–Crippen LogP) is 1.32. The minimum absolute atomic E-state index is 0.261. The smallest absolute Gasteiger partial charge is 0.171 e. The molecule has 0 saturated carbocycles. The van der Waals surface area contributed by atoms with Gasteiger partial charge in [0.2, 0.25) is 0 Å². The molecule has 1 aromatic heterocycles. The number of ether oxygens (including phenoxy) is 1. The van der Waals surface area contributed by atoms with E-state index in [1.165, 1.54) is 0 Å². The van der Waals surface area contributed by atoms with Crippen LogP contribution < -0.4 is 4.90 Å². The Balaban J connectivity index is 2.19. The van der Waals surface area contributed by atoms with Crippen molar-refractivity contribution in [1.29, 1.82) is 0 Å². The quantitative estimate of drug-likeness (QED) is 0.756. The number of aryl methyl sites for hydroxylation is 1. The van der Waals surface area contributed by atoms with E-state index in [-0.39, 0.29) is 5.75 Å². The SMILES string of the molecule is Cc1cnc(N2CCCOCC2)c(O)c1. The number of anilines is 1. The van der Waals surface area contributed by atoms with Gasteiger partial charge >= 0.3 is 0 Å². The zero-order chi connectivity index (χ0) is 10.7. The number of rotatable bonds is 1. The lowest BCUT2D eigenvalue weighted by molar-refractivity contribution is 0.152. The van der Waals surface area contributed by atoms with E-state index in [1.807, 2.05) is 6.92 Å². The molecule has 1 aliphatic rings. The summed E-state index contributed by atoms with van der Waals surface area (Å²) < 4.78 is 5.36. The summed E-state index contributed by atoms with van der Waals surface area (Å²) in [5.74, 6) is 0.933. The summed E-state index contributed by atoms with van der Waals surface area (Å²) in [6.07, 6.45) is 2.76. The van der Waals surface area contributed by atoms with Crippen molar-refractivity contribution in [3.63, 3.8) is 0 Å². The Morgan fingerprint density at radius 3 is 3.07 bits per heavy atom. The molecule has 0 unspecified atom stereocenters. The fourth-order valence-corrected chi connectivity index (χ4v) is 1.75. The molecule has 1 fully saturated rings. The summed E-state index contributed by atoms with van der Waals surface area (Å²) in [5, 5.41) is 9.79. The lowest BCUT2D eigenvalue weighted by Crippen LogP contribution is -2.26. The lowest BCUT2D eigenvalue weighted by Gasteiger charge is -2.21. The van der Waals surface area contributed by atoms with Gasteiger partial charge in [0.1, 0.15) is 0 Å². The zero-order valence-corrected chi connectivity index (χ0v) is 8.94. The van der Waals surface area contributed by atoms with E-state index in [4.69, 9.17) is 4.74 Å². The van der Waals surface area contributed by atoms with Gasteiger partial charge in [0.25, 0.3) is 0 Å². The first-order valence-electron chi connectivity index (χ1n) is 5.25. The maximum Gasteiger partial charge on any atom is 0.171 e. The van der Waals surface area contributed by atoms with Gasteiger partial charge in [0.15, 0.2) is 11.6 Å². The number of nitrogens with zero attached hydrogens (tertiary/aromatic N) is 2. The van der Waals surface area contributed by atoms with Gasteiger partial charge in [-0.05, 0) is 25.0 Å². The molecule has 0 radical (unpaired) electrons. The van der Waals surface area contributed by atoms with Crippen LogP contribution in [0.1, 0.15) is 12.0 Å². The Hall–Kier alpha value is -1.29. The number of hydrogen-bond acceptors (Lipinski definition) is 4. The molecule has 2 rings (SSSR count).